The molecule has 0 aliphatic heterocycles. The van der Waals surface area contributed by atoms with Gasteiger partial charge in [0, 0.05) is 21.5 Å². The first-order chi connectivity index (χ1) is 14.8. The van der Waals surface area contributed by atoms with Crippen molar-refractivity contribution in [2.45, 2.75) is 0 Å². The van der Waals surface area contributed by atoms with Gasteiger partial charge in [-0.1, -0.05) is 48.5 Å². The topological polar surface area (TPSA) is 51.6 Å². The Labute approximate surface area is 170 Å². The summed E-state index contributed by atoms with van der Waals surface area (Å²) in [5.74, 6) is 0. The number of benzene rings is 4. The van der Waals surface area contributed by atoms with E-state index in [9.17, 15) is 0 Å². The smallest absolute Gasteiger partial charge is 0.116 e. The van der Waals surface area contributed by atoms with Crippen LogP contribution in [0.3, 0.4) is 0 Å². The lowest BCUT2D eigenvalue weighted by atomic mass is 10.0. The largest absolute Gasteiger partial charge is 0.247 e. The van der Waals surface area contributed by atoms with Crippen molar-refractivity contribution in [2.75, 3.05) is 0 Å². The maximum atomic E-state index is 5.04. The van der Waals surface area contributed by atoms with Gasteiger partial charge in [-0.15, -0.1) is 0 Å². The van der Waals surface area contributed by atoms with Crippen LogP contribution in [0.1, 0.15) is 0 Å². The van der Waals surface area contributed by atoms with E-state index in [0.717, 1.165) is 65.7 Å². The molecule has 4 nitrogen and oxygen atoms in total. The van der Waals surface area contributed by atoms with Crippen LogP contribution in [0.5, 0.6) is 0 Å². The summed E-state index contributed by atoms with van der Waals surface area (Å²) in [4.78, 5) is 20.0. The van der Waals surface area contributed by atoms with E-state index in [-0.39, 0.29) is 0 Å². The molecule has 30 heavy (non-hydrogen) atoms. The van der Waals surface area contributed by atoms with E-state index in [0.29, 0.717) is 0 Å². The quantitative estimate of drug-likeness (QED) is 0.232. The molecule has 0 aliphatic rings. The summed E-state index contributed by atoms with van der Waals surface area (Å²) in [5.41, 5.74) is 7.08. The highest BCUT2D eigenvalue weighted by molar-refractivity contribution is 6.24. The zero-order valence-electron chi connectivity index (χ0n) is 15.9. The number of para-hydroxylation sites is 4. The Hall–Kier alpha value is -4.18. The van der Waals surface area contributed by atoms with Crippen molar-refractivity contribution in [3.63, 3.8) is 0 Å². The summed E-state index contributed by atoms with van der Waals surface area (Å²) in [6.45, 7) is 0. The van der Waals surface area contributed by atoms with Gasteiger partial charge in [0.2, 0.25) is 0 Å². The number of hydrogen-bond acceptors (Lipinski definition) is 4. The number of hydrogen-bond donors (Lipinski definition) is 0. The average molecular weight is 382 g/mol. The van der Waals surface area contributed by atoms with Crippen molar-refractivity contribution in [1.82, 2.24) is 19.9 Å². The third kappa shape index (κ3) is 2.10. The van der Waals surface area contributed by atoms with Gasteiger partial charge in [0.05, 0.1) is 27.6 Å². The van der Waals surface area contributed by atoms with Crippen LogP contribution >= 0.6 is 0 Å². The predicted molar refractivity (Wildman–Crippen MR) is 123 cm³/mol. The van der Waals surface area contributed by atoms with Crippen LogP contribution in [-0.2, 0) is 0 Å². The van der Waals surface area contributed by atoms with Gasteiger partial charge in [-0.3, -0.25) is 0 Å². The summed E-state index contributed by atoms with van der Waals surface area (Å²) in [6.07, 6.45) is 0. The van der Waals surface area contributed by atoms with E-state index in [4.69, 9.17) is 19.9 Å². The molecular weight excluding hydrogens is 368 g/mol. The highest BCUT2D eigenvalue weighted by atomic mass is 14.8. The van der Waals surface area contributed by atoms with Crippen molar-refractivity contribution >= 4 is 65.7 Å². The van der Waals surface area contributed by atoms with Crippen LogP contribution < -0.4 is 0 Å². The SMILES string of the molecule is c1ccc2nc3c4cc5ccccc5nc4c4nc5ccccc5nc4c3cc2c1. The van der Waals surface area contributed by atoms with Crippen molar-refractivity contribution in [1.29, 1.82) is 0 Å². The molecule has 0 saturated carbocycles. The molecule has 0 bridgehead atoms. The minimum absolute atomic E-state index is 0.819. The molecule has 7 aromatic rings. The minimum Gasteiger partial charge on any atom is -0.247 e. The molecule has 3 heterocycles. The molecule has 3 aromatic heterocycles. The molecule has 7 rings (SSSR count). The van der Waals surface area contributed by atoms with Crippen molar-refractivity contribution in [3.05, 3.63) is 84.9 Å². The van der Waals surface area contributed by atoms with E-state index in [1.54, 1.807) is 0 Å². The summed E-state index contributed by atoms with van der Waals surface area (Å²) in [5, 5.41) is 4.20. The highest BCUT2D eigenvalue weighted by Gasteiger charge is 2.16. The van der Waals surface area contributed by atoms with Gasteiger partial charge in [0.15, 0.2) is 0 Å². The molecule has 0 fully saturated rings. The monoisotopic (exact) mass is 382 g/mol. The van der Waals surface area contributed by atoms with Crippen LogP contribution in [0, 0.1) is 0 Å². The third-order valence-corrected chi connectivity index (χ3v) is 5.75. The van der Waals surface area contributed by atoms with Gasteiger partial charge in [-0.25, -0.2) is 19.9 Å². The molecule has 0 unspecified atom stereocenters. The normalized spacial score (nSPS) is 12.0. The van der Waals surface area contributed by atoms with E-state index in [1.807, 2.05) is 60.7 Å². The van der Waals surface area contributed by atoms with Gasteiger partial charge in [0.1, 0.15) is 16.6 Å². The molecule has 4 aromatic carbocycles. The first-order valence-electron chi connectivity index (χ1n) is 9.93. The van der Waals surface area contributed by atoms with Crippen molar-refractivity contribution in [3.8, 4) is 0 Å². The lowest BCUT2D eigenvalue weighted by Gasteiger charge is -2.11. The molecule has 0 radical (unpaired) electrons. The molecule has 0 atom stereocenters. The summed E-state index contributed by atoms with van der Waals surface area (Å²) in [6, 6.07) is 28.7. The molecule has 0 aliphatic carbocycles. The fourth-order valence-electron chi connectivity index (χ4n) is 4.33. The fraction of sp³-hybridized carbons (Fsp3) is 0. The van der Waals surface area contributed by atoms with Gasteiger partial charge >= 0.3 is 0 Å². The van der Waals surface area contributed by atoms with Crippen LogP contribution in [0.15, 0.2) is 84.9 Å². The van der Waals surface area contributed by atoms with E-state index >= 15 is 0 Å². The zero-order valence-corrected chi connectivity index (χ0v) is 15.9. The molecule has 0 N–H and O–H groups in total. The summed E-state index contributed by atoms with van der Waals surface area (Å²) >= 11 is 0. The first-order valence-corrected chi connectivity index (χ1v) is 9.93. The Morgan fingerprint density at radius 1 is 0.367 bits per heavy atom. The molecule has 0 amide bonds. The van der Waals surface area contributed by atoms with E-state index in [2.05, 4.69) is 24.3 Å². The Bertz CT molecular complexity index is 1430. The lowest BCUT2D eigenvalue weighted by molar-refractivity contribution is 1.39. The number of rotatable bonds is 0. The summed E-state index contributed by atoms with van der Waals surface area (Å²) < 4.78 is 0. The van der Waals surface area contributed by atoms with Gasteiger partial charge < -0.3 is 0 Å². The number of fused-ring (bicyclic) bond motifs is 9. The zero-order chi connectivity index (χ0) is 19.7. The Balaban J connectivity index is 1.82. The van der Waals surface area contributed by atoms with Crippen molar-refractivity contribution < 1.29 is 0 Å². The Morgan fingerprint density at radius 3 is 1.33 bits per heavy atom. The summed E-state index contributed by atoms with van der Waals surface area (Å²) in [7, 11) is 0. The predicted octanol–water partition coefficient (Wildman–Crippen LogP) is 6.19. The molecule has 0 spiro atoms. The third-order valence-electron chi connectivity index (χ3n) is 5.75. The van der Waals surface area contributed by atoms with E-state index < -0.39 is 0 Å². The second-order valence-corrected chi connectivity index (χ2v) is 7.56. The van der Waals surface area contributed by atoms with Gasteiger partial charge in [-0.05, 0) is 36.4 Å². The minimum atomic E-state index is 0.819. The highest BCUT2D eigenvalue weighted by Crippen LogP contribution is 2.35. The second kappa shape index (κ2) is 5.67. The second-order valence-electron chi connectivity index (χ2n) is 7.56. The average Bonchev–Trinajstić information content (AvgIpc) is 2.81. The molecule has 138 valence electrons. The number of nitrogens with zero attached hydrogens (tertiary/aromatic N) is 4. The van der Waals surface area contributed by atoms with Gasteiger partial charge in [-0.2, -0.15) is 0 Å². The van der Waals surface area contributed by atoms with Crippen LogP contribution in [-0.4, -0.2) is 19.9 Å². The van der Waals surface area contributed by atoms with Crippen LogP contribution in [0.2, 0.25) is 0 Å². The van der Waals surface area contributed by atoms with Crippen LogP contribution in [0.25, 0.3) is 65.7 Å². The Morgan fingerprint density at radius 2 is 0.767 bits per heavy atom. The molecular formula is C26H14N4. The Kier molecular flexibility index (Phi) is 2.97. The first kappa shape index (κ1) is 15.7. The van der Waals surface area contributed by atoms with Crippen molar-refractivity contribution in [2.24, 2.45) is 0 Å². The van der Waals surface area contributed by atoms with Gasteiger partial charge in [0.25, 0.3) is 0 Å². The maximum absolute atomic E-state index is 5.04. The molecule has 0 saturated heterocycles. The van der Waals surface area contributed by atoms with E-state index in [1.165, 1.54) is 0 Å². The number of aromatic nitrogens is 4. The maximum Gasteiger partial charge on any atom is 0.116 e. The lowest BCUT2D eigenvalue weighted by Crippen LogP contribution is -1.95. The molecule has 4 heteroatoms. The standard InChI is InChI=1S/C26H14N4/c1-3-9-19-15(7-1)13-18-23(27-19)17-14-16-8-2-4-10-20(16)28-24(17)26-25(18)29-21-11-5-6-12-22(21)30-26/h1-14H. The van der Waals surface area contributed by atoms with Crippen LogP contribution in [0.4, 0.5) is 0 Å². The fourth-order valence-corrected chi connectivity index (χ4v) is 4.33. The number of pyridine rings is 2.